The molecule has 1 amide bonds. The van der Waals surface area contributed by atoms with Crippen LogP contribution in [0.15, 0.2) is 34.2 Å². The molecule has 164 valence electrons. The number of quaternary nitrogens is 1. The Balaban J connectivity index is 1.78. The second kappa shape index (κ2) is 11.0. The fourth-order valence-corrected chi connectivity index (χ4v) is 4.92. The monoisotopic (exact) mass is 431 g/mol. The molecule has 1 atom stereocenters. The summed E-state index contributed by atoms with van der Waals surface area (Å²) in [5, 5.41) is 4.20. The molecule has 0 unspecified atom stereocenters. The first-order valence-corrected chi connectivity index (χ1v) is 12.1. The summed E-state index contributed by atoms with van der Waals surface area (Å²) in [6.45, 7) is 3.49. The van der Waals surface area contributed by atoms with Gasteiger partial charge in [0.1, 0.15) is 0 Å². The van der Waals surface area contributed by atoms with E-state index in [0.29, 0.717) is 22.6 Å². The zero-order valence-corrected chi connectivity index (χ0v) is 19.3. The molecule has 1 aliphatic carbocycles. The molecule has 2 N–H and O–H groups in total. The van der Waals surface area contributed by atoms with E-state index >= 15 is 0 Å². The summed E-state index contributed by atoms with van der Waals surface area (Å²) in [7, 11) is 4.22. The highest BCUT2D eigenvalue weighted by Gasteiger charge is 2.22. The van der Waals surface area contributed by atoms with E-state index < -0.39 is 0 Å². The van der Waals surface area contributed by atoms with E-state index in [1.165, 1.54) is 42.3 Å². The highest BCUT2D eigenvalue weighted by molar-refractivity contribution is 8.00. The summed E-state index contributed by atoms with van der Waals surface area (Å²) in [6, 6.07) is 7.74. The number of aromatic nitrogens is 2. The lowest BCUT2D eigenvalue weighted by Gasteiger charge is -2.20. The average Bonchev–Trinajstić information content (AvgIpc) is 2.98. The normalized spacial score (nSPS) is 16.5. The predicted molar refractivity (Wildman–Crippen MR) is 123 cm³/mol. The number of para-hydroxylation sites is 1. The zero-order chi connectivity index (χ0) is 21.5. The molecule has 7 heteroatoms. The molecule has 0 spiro atoms. The fourth-order valence-electron chi connectivity index (χ4n) is 3.98. The van der Waals surface area contributed by atoms with Crippen LogP contribution in [0.4, 0.5) is 0 Å². The van der Waals surface area contributed by atoms with Gasteiger partial charge in [-0.1, -0.05) is 49.6 Å². The van der Waals surface area contributed by atoms with Crippen molar-refractivity contribution in [2.24, 2.45) is 0 Å². The number of hydrogen-bond donors (Lipinski definition) is 2. The third-order valence-corrected chi connectivity index (χ3v) is 6.83. The maximum absolute atomic E-state index is 13.1. The van der Waals surface area contributed by atoms with E-state index in [4.69, 9.17) is 4.98 Å². The van der Waals surface area contributed by atoms with Gasteiger partial charge in [0.25, 0.3) is 5.56 Å². The number of hydrogen-bond acceptors (Lipinski definition) is 4. The van der Waals surface area contributed by atoms with Crippen LogP contribution in [-0.4, -0.2) is 47.4 Å². The number of nitrogens with zero attached hydrogens (tertiary/aromatic N) is 2. The van der Waals surface area contributed by atoms with Gasteiger partial charge in [-0.15, -0.1) is 0 Å². The molecule has 0 radical (unpaired) electrons. The minimum Gasteiger partial charge on any atom is -0.352 e. The van der Waals surface area contributed by atoms with Crippen LogP contribution in [0, 0.1) is 0 Å². The van der Waals surface area contributed by atoms with Crippen molar-refractivity contribution in [3.05, 3.63) is 34.6 Å². The maximum Gasteiger partial charge on any atom is 0.262 e. The third kappa shape index (κ3) is 6.08. The lowest BCUT2D eigenvalue weighted by molar-refractivity contribution is -0.858. The van der Waals surface area contributed by atoms with E-state index in [-0.39, 0.29) is 22.8 Å². The van der Waals surface area contributed by atoms with Crippen LogP contribution >= 0.6 is 11.8 Å². The topological polar surface area (TPSA) is 68.4 Å². The first-order valence-electron chi connectivity index (χ1n) is 11.2. The Morgan fingerprint density at radius 3 is 2.63 bits per heavy atom. The van der Waals surface area contributed by atoms with Crippen LogP contribution in [0.25, 0.3) is 10.9 Å². The second-order valence-corrected chi connectivity index (χ2v) is 9.94. The van der Waals surface area contributed by atoms with Crippen LogP contribution in [0.5, 0.6) is 0 Å². The number of nitrogens with one attached hydrogen (secondary N) is 2. The Hall–Kier alpha value is -1.86. The van der Waals surface area contributed by atoms with E-state index in [1.54, 1.807) is 4.57 Å². The minimum absolute atomic E-state index is 0.0202. The molecule has 2 aromatic rings. The molecule has 1 aliphatic rings. The standard InChI is InChI=1S/C23H34N4O2S/c1-17(21(28)24-18-11-6-4-5-7-12-18)30-23-25-20-14-9-8-13-19(20)22(29)27(23)16-10-15-26(2)3/h8-9,13-14,17-18H,4-7,10-12,15-16H2,1-3H3,(H,24,28)/p+1/t17-/m0/s1. The molecule has 30 heavy (non-hydrogen) atoms. The quantitative estimate of drug-likeness (QED) is 0.382. The molecule has 1 fully saturated rings. The van der Waals surface area contributed by atoms with Crippen LogP contribution in [0.2, 0.25) is 0 Å². The number of fused-ring (bicyclic) bond motifs is 1. The van der Waals surface area contributed by atoms with Crippen molar-refractivity contribution >= 4 is 28.6 Å². The summed E-state index contributed by atoms with van der Waals surface area (Å²) in [6.07, 6.45) is 7.91. The highest BCUT2D eigenvalue weighted by Crippen LogP contribution is 2.24. The summed E-state index contributed by atoms with van der Waals surface area (Å²) in [5.41, 5.74) is 0.670. The number of carbonyl (C=O) groups is 1. The van der Waals surface area contributed by atoms with Gasteiger partial charge in [-0.2, -0.15) is 0 Å². The Bertz CT molecular complexity index is 904. The van der Waals surface area contributed by atoms with Crippen molar-refractivity contribution < 1.29 is 9.69 Å². The number of benzene rings is 1. The molecule has 0 aliphatic heterocycles. The van der Waals surface area contributed by atoms with Gasteiger partial charge in [-0.3, -0.25) is 14.2 Å². The molecule has 0 bridgehead atoms. The first kappa shape index (κ1) is 22.8. The lowest BCUT2D eigenvalue weighted by atomic mass is 10.1. The van der Waals surface area contributed by atoms with Crippen LogP contribution < -0.4 is 15.8 Å². The average molecular weight is 432 g/mol. The Morgan fingerprint density at radius 2 is 1.93 bits per heavy atom. The van der Waals surface area contributed by atoms with E-state index in [0.717, 1.165) is 25.8 Å². The van der Waals surface area contributed by atoms with Gasteiger partial charge in [-0.25, -0.2) is 4.98 Å². The van der Waals surface area contributed by atoms with Gasteiger partial charge in [0.15, 0.2) is 5.16 Å². The van der Waals surface area contributed by atoms with Crippen molar-refractivity contribution in [3.63, 3.8) is 0 Å². The SMILES string of the molecule is C[C@H](Sc1nc2ccccc2c(=O)n1CCC[NH+](C)C)C(=O)NC1CCCCCC1. The van der Waals surface area contributed by atoms with Gasteiger partial charge in [0, 0.05) is 19.0 Å². The molecule has 6 nitrogen and oxygen atoms in total. The van der Waals surface area contributed by atoms with Crippen LogP contribution in [0.1, 0.15) is 51.9 Å². The number of carbonyl (C=O) groups excluding carboxylic acids is 1. The molecule has 3 rings (SSSR count). The molecule has 1 heterocycles. The predicted octanol–water partition coefficient (Wildman–Crippen LogP) is 2.25. The molecular formula is C23H35N4O2S+. The van der Waals surface area contributed by atoms with E-state index in [2.05, 4.69) is 19.4 Å². The van der Waals surface area contributed by atoms with Gasteiger partial charge in [-0.05, 0) is 31.9 Å². The van der Waals surface area contributed by atoms with Gasteiger partial charge >= 0.3 is 0 Å². The van der Waals surface area contributed by atoms with E-state index in [1.807, 2.05) is 31.2 Å². The maximum atomic E-state index is 13.1. The van der Waals surface area contributed by atoms with Crippen molar-refractivity contribution in [2.75, 3.05) is 20.6 Å². The van der Waals surface area contributed by atoms with Gasteiger partial charge in [0.05, 0.1) is 36.8 Å². The van der Waals surface area contributed by atoms with Gasteiger partial charge < -0.3 is 10.2 Å². The molecule has 0 saturated heterocycles. The summed E-state index contributed by atoms with van der Waals surface area (Å²) >= 11 is 1.39. The number of thioether (sulfide) groups is 1. The van der Waals surface area contributed by atoms with Crippen LogP contribution in [-0.2, 0) is 11.3 Å². The summed E-state index contributed by atoms with van der Waals surface area (Å²) in [5.74, 6) is 0.0404. The van der Waals surface area contributed by atoms with Crippen LogP contribution in [0.3, 0.4) is 0 Å². The molecular weight excluding hydrogens is 396 g/mol. The second-order valence-electron chi connectivity index (χ2n) is 8.64. The number of amides is 1. The van der Waals surface area contributed by atoms with Crippen molar-refractivity contribution in [1.82, 2.24) is 14.9 Å². The molecule has 1 aromatic carbocycles. The lowest BCUT2D eigenvalue weighted by Crippen LogP contribution is -3.05. The summed E-state index contributed by atoms with van der Waals surface area (Å²) < 4.78 is 1.76. The zero-order valence-electron chi connectivity index (χ0n) is 18.4. The van der Waals surface area contributed by atoms with Crippen molar-refractivity contribution in [1.29, 1.82) is 0 Å². The Morgan fingerprint density at radius 1 is 1.23 bits per heavy atom. The highest BCUT2D eigenvalue weighted by atomic mass is 32.2. The van der Waals surface area contributed by atoms with Gasteiger partial charge in [0.2, 0.25) is 5.91 Å². The Kier molecular flexibility index (Phi) is 8.33. The fraction of sp³-hybridized carbons (Fsp3) is 0.609. The molecule has 1 aromatic heterocycles. The van der Waals surface area contributed by atoms with Crippen molar-refractivity contribution in [3.8, 4) is 0 Å². The number of rotatable bonds is 8. The summed E-state index contributed by atoms with van der Waals surface area (Å²) in [4.78, 5) is 32.1. The Labute approximate surface area is 183 Å². The van der Waals surface area contributed by atoms with Crippen molar-refractivity contribution in [2.45, 2.75) is 74.9 Å². The third-order valence-electron chi connectivity index (χ3n) is 5.74. The largest absolute Gasteiger partial charge is 0.352 e. The minimum atomic E-state index is -0.299. The first-order chi connectivity index (χ1) is 14.5. The molecule has 1 saturated carbocycles. The van der Waals surface area contributed by atoms with E-state index in [9.17, 15) is 9.59 Å². The smallest absolute Gasteiger partial charge is 0.262 e.